The van der Waals surface area contributed by atoms with Gasteiger partial charge in [0.2, 0.25) is 6.54 Å². The quantitative estimate of drug-likeness (QED) is 0.348. The van der Waals surface area contributed by atoms with Crippen molar-refractivity contribution in [3.05, 3.63) is 11.4 Å². The van der Waals surface area contributed by atoms with Crippen molar-refractivity contribution in [3.63, 3.8) is 0 Å². The summed E-state index contributed by atoms with van der Waals surface area (Å²) in [6, 6.07) is 0. The van der Waals surface area contributed by atoms with Crippen molar-refractivity contribution in [3.8, 4) is 0 Å². The Labute approximate surface area is 83.2 Å². The van der Waals surface area contributed by atoms with Crippen LogP contribution in [-0.4, -0.2) is 21.5 Å². The van der Waals surface area contributed by atoms with Gasteiger partial charge in [-0.1, -0.05) is 6.42 Å². The molecule has 0 aliphatic carbocycles. The van der Waals surface area contributed by atoms with E-state index < -0.39 is 8.32 Å². The molecule has 0 saturated carbocycles. The topological polar surface area (TPSA) is 13.6 Å². The van der Waals surface area contributed by atoms with E-state index in [2.05, 4.69) is 24.5 Å². The second-order valence-corrected chi connectivity index (χ2v) is 8.77. The number of unbranched alkanes of at least 4 members (excludes halogenated alkanes) is 3. The van der Waals surface area contributed by atoms with Crippen LogP contribution in [-0.2, 0) is 4.43 Å². The molecule has 0 aliphatic rings. The highest BCUT2D eigenvalue weighted by atomic mass is 28.4. The van der Waals surface area contributed by atoms with Gasteiger partial charge in [0.25, 0.3) is 0 Å². The summed E-state index contributed by atoms with van der Waals surface area (Å²) >= 11 is 0. The average Bonchev–Trinajstić information content (AvgIpc) is 2.01. The van der Waals surface area contributed by atoms with Crippen molar-refractivity contribution in [1.82, 2.24) is 0 Å². The normalized spacial score (nSPS) is 11.2. The number of nitrogens with zero attached hydrogens (tertiary/aromatic N) is 1. The molecule has 3 heteroatoms. The summed E-state index contributed by atoms with van der Waals surface area (Å²) in [4.78, 5) is 3.32. The predicted octanol–water partition coefficient (Wildman–Crippen LogP) is 3.32. The lowest BCUT2D eigenvalue weighted by atomic mass is 10.2. The number of hydrogen-bond acceptors (Lipinski definition) is 1. The number of rotatable bonds is 7. The van der Waals surface area contributed by atoms with Crippen LogP contribution in [0.3, 0.4) is 0 Å². The third kappa shape index (κ3) is 11.7. The highest BCUT2D eigenvalue weighted by Gasteiger charge is 2.12. The maximum atomic E-state index is 6.61. The SMILES string of the molecule is [C-]#[N+]CCCCCCO[Si](C)(C)C. The van der Waals surface area contributed by atoms with Crippen molar-refractivity contribution in [2.45, 2.75) is 45.3 Å². The molecule has 0 fully saturated rings. The molecule has 76 valence electrons. The fourth-order valence-corrected chi connectivity index (χ4v) is 1.78. The van der Waals surface area contributed by atoms with Crippen LogP contribution in [0, 0.1) is 6.57 Å². The minimum atomic E-state index is -1.28. The molecule has 0 bridgehead atoms. The van der Waals surface area contributed by atoms with Crippen LogP contribution < -0.4 is 0 Å². The first-order valence-corrected chi connectivity index (χ1v) is 8.44. The molecule has 0 unspecified atom stereocenters. The van der Waals surface area contributed by atoms with Crippen molar-refractivity contribution >= 4 is 8.32 Å². The summed E-state index contributed by atoms with van der Waals surface area (Å²) in [5, 5.41) is 0. The van der Waals surface area contributed by atoms with Crippen molar-refractivity contribution in [2.24, 2.45) is 0 Å². The maximum absolute atomic E-state index is 6.61. The minimum absolute atomic E-state index is 0.689. The third-order valence-electron chi connectivity index (χ3n) is 1.70. The first-order chi connectivity index (χ1) is 6.06. The van der Waals surface area contributed by atoms with Gasteiger partial charge in [-0.2, -0.15) is 0 Å². The zero-order valence-corrected chi connectivity index (χ0v) is 10.1. The average molecular weight is 199 g/mol. The van der Waals surface area contributed by atoms with Gasteiger partial charge in [0.05, 0.1) is 0 Å². The minimum Gasteiger partial charge on any atom is -0.418 e. The van der Waals surface area contributed by atoms with E-state index in [-0.39, 0.29) is 0 Å². The number of hydrogen-bond donors (Lipinski definition) is 0. The summed E-state index contributed by atoms with van der Waals surface area (Å²) in [6.45, 7) is 14.8. The molecule has 0 aromatic heterocycles. The van der Waals surface area contributed by atoms with Crippen LogP contribution in [0.5, 0.6) is 0 Å². The van der Waals surface area contributed by atoms with Gasteiger partial charge in [-0.25, -0.2) is 6.57 Å². The lowest BCUT2D eigenvalue weighted by Crippen LogP contribution is -2.25. The molecule has 0 heterocycles. The van der Waals surface area contributed by atoms with Gasteiger partial charge in [-0.05, 0) is 32.5 Å². The molecule has 2 nitrogen and oxygen atoms in total. The standard InChI is InChI=1S/C10H21NOSi/c1-11-9-7-5-6-8-10-12-13(2,3)4/h5-10H2,2-4H3. The van der Waals surface area contributed by atoms with Crippen molar-refractivity contribution in [1.29, 1.82) is 0 Å². The Morgan fingerprint density at radius 1 is 1.08 bits per heavy atom. The Kier molecular flexibility index (Phi) is 6.92. The van der Waals surface area contributed by atoms with Gasteiger partial charge >= 0.3 is 0 Å². The summed E-state index contributed by atoms with van der Waals surface area (Å²) in [5.41, 5.74) is 0. The third-order valence-corrected chi connectivity index (χ3v) is 2.77. The second kappa shape index (κ2) is 7.11. The van der Waals surface area contributed by atoms with Crippen LogP contribution in [0.25, 0.3) is 4.85 Å². The molecule has 0 aromatic carbocycles. The summed E-state index contributed by atoms with van der Waals surface area (Å²) in [5.74, 6) is 0. The molecule has 0 N–H and O–H groups in total. The second-order valence-electron chi connectivity index (χ2n) is 4.26. The maximum Gasteiger partial charge on any atom is 0.214 e. The largest absolute Gasteiger partial charge is 0.418 e. The Morgan fingerprint density at radius 2 is 1.69 bits per heavy atom. The lowest BCUT2D eigenvalue weighted by molar-refractivity contribution is 0.299. The van der Waals surface area contributed by atoms with Crippen LogP contribution in [0.1, 0.15) is 25.7 Å². The van der Waals surface area contributed by atoms with Gasteiger partial charge < -0.3 is 9.27 Å². The van der Waals surface area contributed by atoms with Crippen LogP contribution in [0.2, 0.25) is 19.6 Å². The Balaban J connectivity index is 3.05. The van der Waals surface area contributed by atoms with Crippen LogP contribution in [0.15, 0.2) is 0 Å². The molecule has 0 radical (unpaired) electrons. The summed E-state index contributed by atoms with van der Waals surface area (Å²) in [7, 11) is -1.28. The van der Waals surface area contributed by atoms with Crippen molar-refractivity contribution < 1.29 is 4.43 Å². The van der Waals surface area contributed by atoms with Crippen molar-refractivity contribution in [2.75, 3.05) is 13.2 Å². The molecule has 0 saturated heterocycles. The highest BCUT2D eigenvalue weighted by Crippen LogP contribution is 2.06. The highest BCUT2D eigenvalue weighted by molar-refractivity contribution is 6.69. The van der Waals surface area contributed by atoms with E-state index in [1.165, 1.54) is 12.8 Å². The van der Waals surface area contributed by atoms with E-state index in [4.69, 9.17) is 11.0 Å². The zero-order chi connectivity index (χ0) is 10.2. The molecular formula is C10H21NOSi. The molecule has 0 amide bonds. The van der Waals surface area contributed by atoms with E-state index in [9.17, 15) is 0 Å². The fraction of sp³-hybridized carbons (Fsp3) is 0.900. The van der Waals surface area contributed by atoms with Crippen LogP contribution >= 0.6 is 0 Å². The lowest BCUT2D eigenvalue weighted by Gasteiger charge is -2.16. The van der Waals surface area contributed by atoms with Crippen LogP contribution in [0.4, 0.5) is 0 Å². The smallest absolute Gasteiger partial charge is 0.214 e. The van der Waals surface area contributed by atoms with E-state index in [1.807, 2.05) is 0 Å². The first kappa shape index (κ1) is 12.7. The summed E-state index contributed by atoms with van der Waals surface area (Å²) in [6.07, 6.45) is 4.59. The Morgan fingerprint density at radius 3 is 2.23 bits per heavy atom. The van der Waals surface area contributed by atoms with Gasteiger partial charge in [0.15, 0.2) is 8.32 Å². The van der Waals surface area contributed by atoms with Gasteiger partial charge in [-0.3, -0.25) is 0 Å². The summed E-state index contributed by atoms with van der Waals surface area (Å²) < 4.78 is 5.71. The van der Waals surface area contributed by atoms with Gasteiger partial charge in [-0.15, -0.1) is 0 Å². The molecule has 0 aromatic rings. The van der Waals surface area contributed by atoms with E-state index in [0.717, 1.165) is 19.4 Å². The van der Waals surface area contributed by atoms with E-state index in [1.54, 1.807) is 0 Å². The molecule has 13 heavy (non-hydrogen) atoms. The predicted molar refractivity (Wildman–Crippen MR) is 59.2 cm³/mol. The fourth-order valence-electron chi connectivity index (χ4n) is 1.02. The van der Waals surface area contributed by atoms with Gasteiger partial charge in [0.1, 0.15) is 0 Å². The molecule has 0 rings (SSSR count). The Hall–Kier alpha value is -0.333. The zero-order valence-electron chi connectivity index (χ0n) is 9.10. The molecule has 0 spiro atoms. The molecule has 0 atom stereocenters. The monoisotopic (exact) mass is 199 g/mol. The van der Waals surface area contributed by atoms with E-state index in [0.29, 0.717) is 6.54 Å². The molecule has 0 aliphatic heterocycles. The van der Waals surface area contributed by atoms with Gasteiger partial charge in [0, 0.05) is 13.0 Å². The Bertz CT molecular complexity index is 157. The van der Waals surface area contributed by atoms with E-state index >= 15 is 0 Å². The molecular weight excluding hydrogens is 178 g/mol. The first-order valence-electron chi connectivity index (χ1n) is 5.03.